The number of carbonyl (C=O) groups excluding carboxylic acids is 1. The Morgan fingerprint density at radius 1 is 1.19 bits per heavy atom. The molecule has 0 aliphatic heterocycles. The van der Waals surface area contributed by atoms with Gasteiger partial charge in [-0.1, -0.05) is 17.7 Å². The molecule has 2 rings (SSSR count). The monoisotopic (exact) mass is 397 g/mol. The molecule has 0 amide bonds. The molecule has 6 nitrogen and oxygen atoms in total. The lowest BCUT2D eigenvalue weighted by atomic mass is 10.1. The van der Waals surface area contributed by atoms with E-state index in [9.17, 15) is 13.2 Å². The van der Waals surface area contributed by atoms with Gasteiger partial charge in [0.25, 0.3) is 0 Å². The Morgan fingerprint density at radius 3 is 2.54 bits per heavy atom. The highest BCUT2D eigenvalue weighted by atomic mass is 35.5. The molecule has 2 aromatic rings. The maximum atomic E-state index is 12.7. The maximum absolute atomic E-state index is 12.7. The number of aryl methyl sites for hydroxylation is 1. The molecule has 0 unspecified atom stereocenters. The Hall–Kier alpha value is -2.09. The molecule has 0 aromatic heterocycles. The number of likely N-dealkylation sites (N-methyl/N-ethyl adjacent to an activating group) is 1. The molecule has 0 saturated carbocycles. The van der Waals surface area contributed by atoms with Gasteiger partial charge in [-0.3, -0.25) is 0 Å². The van der Waals surface area contributed by atoms with Gasteiger partial charge in [-0.15, -0.1) is 0 Å². The number of nitrogens with zero attached hydrogens (tertiary/aromatic N) is 1. The summed E-state index contributed by atoms with van der Waals surface area (Å²) < 4.78 is 36.8. The second kappa shape index (κ2) is 8.53. The van der Waals surface area contributed by atoms with Crippen LogP contribution < -0.4 is 4.74 Å². The number of halogens is 1. The van der Waals surface area contributed by atoms with Gasteiger partial charge < -0.3 is 9.47 Å². The van der Waals surface area contributed by atoms with Crippen LogP contribution >= 0.6 is 11.6 Å². The highest BCUT2D eigenvalue weighted by Crippen LogP contribution is 2.21. The summed E-state index contributed by atoms with van der Waals surface area (Å²) in [5, 5.41) is 0.546. The molecular weight excluding hydrogens is 378 g/mol. The topological polar surface area (TPSA) is 72.9 Å². The standard InChI is InChI=1S/C18H20ClNO5S/c1-13-11-14(18(21)24-3)7-8-17(13)26(22,23)20(2)9-10-25-16-6-4-5-15(19)12-16/h4-8,11-12H,9-10H2,1-3H3. The summed E-state index contributed by atoms with van der Waals surface area (Å²) in [7, 11) is -0.956. The number of rotatable bonds is 7. The fourth-order valence-corrected chi connectivity index (χ4v) is 3.86. The van der Waals surface area contributed by atoms with E-state index < -0.39 is 16.0 Å². The van der Waals surface area contributed by atoms with E-state index in [1.165, 1.54) is 36.7 Å². The van der Waals surface area contributed by atoms with Crippen molar-refractivity contribution in [1.82, 2.24) is 4.31 Å². The van der Waals surface area contributed by atoms with E-state index in [4.69, 9.17) is 16.3 Å². The predicted octanol–water partition coefficient (Wildman–Crippen LogP) is 3.13. The van der Waals surface area contributed by atoms with Crippen molar-refractivity contribution in [1.29, 1.82) is 0 Å². The molecule has 0 heterocycles. The molecule has 140 valence electrons. The Morgan fingerprint density at radius 2 is 1.92 bits per heavy atom. The van der Waals surface area contributed by atoms with Crippen LogP contribution in [0.25, 0.3) is 0 Å². The molecule has 0 N–H and O–H groups in total. The van der Waals surface area contributed by atoms with Gasteiger partial charge in [-0.05, 0) is 48.9 Å². The molecule has 0 radical (unpaired) electrons. The molecule has 0 spiro atoms. The zero-order valence-corrected chi connectivity index (χ0v) is 16.3. The lowest BCUT2D eigenvalue weighted by molar-refractivity contribution is 0.0600. The van der Waals surface area contributed by atoms with Crippen molar-refractivity contribution in [3.05, 3.63) is 58.6 Å². The van der Waals surface area contributed by atoms with Gasteiger partial charge in [0, 0.05) is 18.6 Å². The highest BCUT2D eigenvalue weighted by Gasteiger charge is 2.23. The van der Waals surface area contributed by atoms with Crippen LogP contribution in [0.2, 0.25) is 5.02 Å². The first-order valence-corrected chi connectivity index (χ1v) is 9.61. The Labute approximate surface area is 158 Å². The molecular formula is C18H20ClNO5S. The number of hydrogen-bond acceptors (Lipinski definition) is 5. The molecule has 0 fully saturated rings. The predicted molar refractivity (Wildman–Crippen MR) is 99.3 cm³/mol. The van der Waals surface area contributed by atoms with Crippen LogP contribution in [0.3, 0.4) is 0 Å². The van der Waals surface area contributed by atoms with Gasteiger partial charge in [0.1, 0.15) is 12.4 Å². The quantitative estimate of drug-likeness (QED) is 0.671. The molecule has 26 heavy (non-hydrogen) atoms. The van der Waals surface area contributed by atoms with Gasteiger partial charge in [0.05, 0.1) is 17.6 Å². The molecule has 8 heteroatoms. The third-order valence-corrected chi connectivity index (χ3v) is 6.01. The zero-order valence-electron chi connectivity index (χ0n) is 14.7. The number of carbonyl (C=O) groups is 1. The molecule has 0 saturated heterocycles. The van der Waals surface area contributed by atoms with Crippen LogP contribution in [0.5, 0.6) is 5.75 Å². The highest BCUT2D eigenvalue weighted by molar-refractivity contribution is 7.89. The maximum Gasteiger partial charge on any atom is 0.337 e. The summed E-state index contributed by atoms with van der Waals surface area (Å²) in [5.41, 5.74) is 0.770. The van der Waals surface area contributed by atoms with Crippen molar-refractivity contribution in [3.63, 3.8) is 0 Å². The van der Waals surface area contributed by atoms with Crippen molar-refractivity contribution >= 4 is 27.6 Å². The van der Waals surface area contributed by atoms with E-state index in [2.05, 4.69) is 4.74 Å². The fraction of sp³-hybridized carbons (Fsp3) is 0.278. The number of methoxy groups -OCH3 is 1. The van der Waals surface area contributed by atoms with Crippen molar-refractivity contribution in [2.45, 2.75) is 11.8 Å². The van der Waals surface area contributed by atoms with E-state index in [-0.39, 0.29) is 18.0 Å². The lowest BCUT2D eigenvalue weighted by Crippen LogP contribution is -2.31. The largest absolute Gasteiger partial charge is 0.492 e. The Kier molecular flexibility index (Phi) is 6.63. The Balaban J connectivity index is 2.07. The van der Waals surface area contributed by atoms with Gasteiger partial charge in [0.15, 0.2) is 0 Å². The van der Waals surface area contributed by atoms with Crippen molar-refractivity contribution in [2.75, 3.05) is 27.3 Å². The first kappa shape index (κ1) is 20.2. The first-order valence-electron chi connectivity index (χ1n) is 7.79. The van der Waals surface area contributed by atoms with Crippen LogP contribution in [0.15, 0.2) is 47.4 Å². The summed E-state index contributed by atoms with van der Waals surface area (Å²) in [5.74, 6) is 0.0576. The molecule has 0 aliphatic carbocycles. The lowest BCUT2D eigenvalue weighted by Gasteiger charge is -2.19. The summed E-state index contributed by atoms with van der Waals surface area (Å²) in [4.78, 5) is 11.7. The van der Waals surface area contributed by atoms with Gasteiger partial charge in [0.2, 0.25) is 10.0 Å². The third-order valence-electron chi connectivity index (χ3n) is 3.76. The third kappa shape index (κ3) is 4.75. The molecule has 0 bridgehead atoms. The zero-order chi connectivity index (χ0) is 19.3. The van der Waals surface area contributed by atoms with Crippen LogP contribution in [0, 0.1) is 6.92 Å². The number of esters is 1. The fourth-order valence-electron chi connectivity index (χ4n) is 2.32. The van der Waals surface area contributed by atoms with Crippen molar-refractivity contribution in [2.24, 2.45) is 0 Å². The number of hydrogen-bond donors (Lipinski definition) is 0. The second-order valence-electron chi connectivity index (χ2n) is 5.60. The normalized spacial score (nSPS) is 11.4. The average Bonchev–Trinajstić information content (AvgIpc) is 2.60. The summed E-state index contributed by atoms with van der Waals surface area (Å²) in [6, 6.07) is 11.2. The minimum Gasteiger partial charge on any atom is -0.492 e. The molecule has 2 aromatic carbocycles. The second-order valence-corrected chi connectivity index (χ2v) is 8.05. The number of benzene rings is 2. The van der Waals surface area contributed by atoms with Gasteiger partial charge in [-0.25, -0.2) is 13.2 Å². The van der Waals surface area contributed by atoms with E-state index in [1.54, 1.807) is 31.2 Å². The minimum atomic E-state index is -3.71. The average molecular weight is 398 g/mol. The summed E-state index contributed by atoms with van der Waals surface area (Å²) in [6.45, 7) is 1.97. The number of ether oxygens (including phenoxy) is 2. The van der Waals surface area contributed by atoms with E-state index in [0.717, 1.165) is 0 Å². The van der Waals surface area contributed by atoms with E-state index in [0.29, 0.717) is 21.9 Å². The van der Waals surface area contributed by atoms with E-state index in [1.807, 2.05) is 0 Å². The number of sulfonamides is 1. The van der Waals surface area contributed by atoms with Gasteiger partial charge in [-0.2, -0.15) is 4.31 Å². The smallest absolute Gasteiger partial charge is 0.337 e. The van der Waals surface area contributed by atoms with Crippen molar-refractivity contribution in [3.8, 4) is 5.75 Å². The SMILES string of the molecule is COC(=O)c1ccc(S(=O)(=O)N(C)CCOc2cccc(Cl)c2)c(C)c1. The first-order chi connectivity index (χ1) is 12.3. The van der Waals surface area contributed by atoms with Crippen LogP contribution in [0.1, 0.15) is 15.9 Å². The minimum absolute atomic E-state index is 0.135. The van der Waals surface area contributed by atoms with Crippen LogP contribution in [0.4, 0.5) is 0 Å². The van der Waals surface area contributed by atoms with E-state index >= 15 is 0 Å². The molecule has 0 atom stereocenters. The summed E-state index contributed by atoms with van der Waals surface area (Å²) in [6.07, 6.45) is 0. The van der Waals surface area contributed by atoms with Gasteiger partial charge >= 0.3 is 5.97 Å². The Bertz CT molecular complexity index is 898. The van der Waals surface area contributed by atoms with Crippen molar-refractivity contribution < 1.29 is 22.7 Å². The summed E-state index contributed by atoms with van der Waals surface area (Å²) >= 11 is 5.88. The van der Waals surface area contributed by atoms with Crippen LogP contribution in [-0.4, -0.2) is 46.0 Å². The molecule has 0 aliphatic rings. The van der Waals surface area contributed by atoms with Crippen LogP contribution in [-0.2, 0) is 14.8 Å².